The third kappa shape index (κ3) is 2.97. The van der Waals surface area contributed by atoms with Crippen LogP contribution < -0.4 is 5.73 Å². The van der Waals surface area contributed by atoms with Crippen LogP contribution in [0.5, 0.6) is 0 Å². The fourth-order valence-electron chi connectivity index (χ4n) is 4.15. The van der Waals surface area contributed by atoms with E-state index in [2.05, 4.69) is 4.90 Å². The van der Waals surface area contributed by atoms with Crippen LogP contribution in [0.2, 0.25) is 0 Å². The summed E-state index contributed by atoms with van der Waals surface area (Å²) in [4.78, 5) is 2.34. The number of benzene rings is 1. The van der Waals surface area contributed by atoms with Crippen LogP contribution in [0.15, 0.2) is 18.2 Å². The molecule has 1 aliphatic carbocycles. The van der Waals surface area contributed by atoms with Gasteiger partial charge in [0.15, 0.2) is 11.6 Å². The van der Waals surface area contributed by atoms with E-state index in [0.29, 0.717) is 12.0 Å². The molecule has 1 aromatic carbocycles. The molecule has 1 saturated heterocycles. The fraction of sp³-hybridized carbons (Fsp3) is 0.647. The molecule has 21 heavy (non-hydrogen) atoms. The van der Waals surface area contributed by atoms with Crippen molar-refractivity contribution in [1.82, 2.24) is 4.90 Å². The molecule has 2 nitrogen and oxygen atoms in total. The van der Waals surface area contributed by atoms with Crippen molar-refractivity contribution in [3.05, 3.63) is 35.4 Å². The standard InChI is InChI=1S/C17H24F2N2/c18-14-4-3-13(11-15(14)19)16(12-20)21-9-7-17(8-10-21)5-1-2-6-17/h3-4,11,16H,1-2,5-10,12,20H2. The number of halogens is 2. The first-order chi connectivity index (χ1) is 10.1. The molecular weight excluding hydrogens is 270 g/mol. The monoisotopic (exact) mass is 294 g/mol. The molecule has 1 spiro atoms. The highest BCUT2D eigenvalue weighted by Gasteiger charge is 2.38. The average molecular weight is 294 g/mol. The van der Waals surface area contributed by atoms with Crippen LogP contribution in [0.1, 0.15) is 50.1 Å². The smallest absolute Gasteiger partial charge is 0.159 e. The van der Waals surface area contributed by atoms with Crippen molar-refractivity contribution in [3.63, 3.8) is 0 Å². The zero-order valence-electron chi connectivity index (χ0n) is 12.5. The van der Waals surface area contributed by atoms with Gasteiger partial charge in [-0.25, -0.2) is 8.78 Å². The van der Waals surface area contributed by atoms with Gasteiger partial charge in [0.2, 0.25) is 0 Å². The molecule has 0 amide bonds. The molecule has 1 heterocycles. The Balaban J connectivity index is 1.70. The van der Waals surface area contributed by atoms with Gasteiger partial charge in [0.1, 0.15) is 0 Å². The van der Waals surface area contributed by atoms with Gasteiger partial charge in [-0.05, 0) is 61.9 Å². The minimum absolute atomic E-state index is 0.00106. The second-order valence-electron chi connectivity index (χ2n) is 6.67. The summed E-state index contributed by atoms with van der Waals surface area (Å²) in [5.41, 5.74) is 7.26. The molecule has 1 saturated carbocycles. The number of nitrogens with zero attached hydrogens (tertiary/aromatic N) is 1. The maximum Gasteiger partial charge on any atom is 0.159 e. The van der Waals surface area contributed by atoms with Crippen LogP contribution in [-0.4, -0.2) is 24.5 Å². The molecule has 0 bridgehead atoms. The van der Waals surface area contributed by atoms with E-state index < -0.39 is 11.6 Å². The zero-order valence-corrected chi connectivity index (χ0v) is 12.5. The maximum absolute atomic E-state index is 13.4. The lowest BCUT2D eigenvalue weighted by Crippen LogP contribution is -2.43. The molecule has 2 fully saturated rings. The van der Waals surface area contributed by atoms with Gasteiger partial charge in [-0.15, -0.1) is 0 Å². The van der Waals surface area contributed by atoms with Gasteiger partial charge in [0, 0.05) is 12.6 Å². The quantitative estimate of drug-likeness (QED) is 0.922. The SMILES string of the molecule is NCC(c1ccc(F)c(F)c1)N1CCC2(CCCC2)CC1. The van der Waals surface area contributed by atoms with E-state index in [1.165, 1.54) is 50.7 Å². The van der Waals surface area contributed by atoms with Crippen LogP contribution in [0.3, 0.4) is 0 Å². The van der Waals surface area contributed by atoms with E-state index in [9.17, 15) is 8.78 Å². The second-order valence-corrected chi connectivity index (χ2v) is 6.67. The molecule has 1 unspecified atom stereocenters. The first-order valence-corrected chi connectivity index (χ1v) is 8.03. The molecule has 4 heteroatoms. The average Bonchev–Trinajstić information content (AvgIpc) is 2.94. The molecular formula is C17H24F2N2. The Hall–Kier alpha value is -1.00. The lowest BCUT2D eigenvalue weighted by Gasteiger charge is -2.42. The van der Waals surface area contributed by atoms with Crippen molar-refractivity contribution in [2.75, 3.05) is 19.6 Å². The van der Waals surface area contributed by atoms with Crippen molar-refractivity contribution in [2.24, 2.45) is 11.1 Å². The summed E-state index contributed by atoms with van der Waals surface area (Å²) in [5, 5.41) is 0. The van der Waals surface area contributed by atoms with Gasteiger partial charge in [-0.2, -0.15) is 0 Å². The van der Waals surface area contributed by atoms with Gasteiger partial charge in [0.25, 0.3) is 0 Å². The van der Waals surface area contributed by atoms with Gasteiger partial charge in [-0.3, -0.25) is 4.90 Å². The molecule has 1 aromatic rings. The highest BCUT2D eigenvalue weighted by molar-refractivity contribution is 5.22. The number of hydrogen-bond donors (Lipinski definition) is 1. The summed E-state index contributed by atoms with van der Waals surface area (Å²) < 4.78 is 26.5. The van der Waals surface area contributed by atoms with Gasteiger partial charge >= 0.3 is 0 Å². The van der Waals surface area contributed by atoms with Crippen molar-refractivity contribution in [2.45, 2.75) is 44.6 Å². The van der Waals surface area contributed by atoms with E-state index in [4.69, 9.17) is 5.73 Å². The third-order valence-electron chi connectivity index (χ3n) is 5.52. The number of rotatable bonds is 3. The van der Waals surface area contributed by atoms with Gasteiger partial charge < -0.3 is 5.73 Å². The second kappa shape index (κ2) is 6.01. The summed E-state index contributed by atoms with van der Waals surface area (Å²) in [7, 11) is 0. The molecule has 3 rings (SSSR count). The number of piperidine rings is 1. The maximum atomic E-state index is 13.4. The topological polar surface area (TPSA) is 29.3 Å². The van der Waals surface area contributed by atoms with Crippen LogP contribution in [0.25, 0.3) is 0 Å². The molecule has 1 atom stereocenters. The van der Waals surface area contributed by atoms with Crippen LogP contribution in [0.4, 0.5) is 8.78 Å². The van der Waals surface area contributed by atoms with Crippen LogP contribution in [-0.2, 0) is 0 Å². The molecule has 1 aliphatic heterocycles. The molecule has 2 N–H and O–H groups in total. The summed E-state index contributed by atoms with van der Waals surface area (Å²) >= 11 is 0. The van der Waals surface area contributed by atoms with Crippen molar-refractivity contribution >= 4 is 0 Å². The Morgan fingerprint density at radius 2 is 1.71 bits per heavy atom. The summed E-state index contributed by atoms with van der Waals surface area (Å²) in [6.07, 6.45) is 7.88. The van der Waals surface area contributed by atoms with Gasteiger partial charge in [-0.1, -0.05) is 18.9 Å². The number of hydrogen-bond acceptors (Lipinski definition) is 2. The van der Waals surface area contributed by atoms with Gasteiger partial charge in [0.05, 0.1) is 0 Å². The molecule has 116 valence electrons. The predicted octanol–water partition coefficient (Wildman–Crippen LogP) is 3.62. The Kier molecular flexibility index (Phi) is 4.27. The molecule has 2 aliphatic rings. The highest BCUT2D eigenvalue weighted by atomic mass is 19.2. The van der Waals surface area contributed by atoms with E-state index in [-0.39, 0.29) is 6.04 Å². The summed E-state index contributed by atoms with van der Waals surface area (Å²) in [6.45, 7) is 2.47. The minimum Gasteiger partial charge on any atom is -0.329 e. The molecule has 0 radical (unpaired) electrons. The predicted molar refractivity (Wildman–Crippen MR) is 79.9 cm³/mol. The Morgan fingerprint density at radius 1 is 1.05 bits per heavy atom. The lowest BCUT2D eigenvalue weighted by atomic mass is 9.76. The van der Waals surface area contributed by atoms with Crippen molar-refractivity contribution < 1.29 is 8.78 Å². The summed E-state index contributed by atoms with van der Waals surface area (Å²) in [5.74, 6) is -1.58. The van der Waals surface area contributed by atoms with Crippen molar-refractivity contribution in [3.8, 4) is 0 Å². The first kappa shape index (κ1) is 14.9. The van der Waals surface area contributed by atoms with Crippen LogP contribution >= 0.6 is 0 Å². The van der Waals surface area contributed by atoms with E-state index in [1.54, 1.807) is 6.07 Å². The molecule has 0 aromatic heterocycles. The third-order valence-corrected chi connectivity index (χ3v) is 5.52. The van der Waals surface area contributed by atoms with Crippen LogP contribution in [0, 0.1) is 17.0 Å². The van der Waals surface area contributed by atoms with Crippen molar-refractivity contribution in [1.29, 1.82) is 0 Å². The first-order valence-electron chi connectivity index (χ1n) is 8.03. The summed E-state index contributed by atoms with van der Waals surface area (Å²) in [6, 6.07) is 4.16. The zero-order chi connectivity index (χ0) is 14.9. The van der Waals surface area contributed by atoms with E-state index >= 15 is 0 Å². The lowest BCUT2D eigenvalue weighted by molar-refractivity contribution is 0.0779. The Labute approximate surface area is 125 Å². The highest BCUT2D eigenvalue weighted by Crippen LogP contribution is 2.47. The number of likely N-dealkylation sites (tertiary alicyclic amines) is 1. The number of nitrogens with two attached hydrogens (primary N) is 1. The largest absolute Gasteiger partial charge is 0.329 e. The Bertz CT molecular complexity index is 488. The fourth-order valence-corrected chi connectivity index (χ4v) is 4.15. The van der Waals surface area contributed by atoms with E-state index in [1.807, 2.05) is 0 Å². The minimum atomic E-state index is -0.793. The Morgan fingerprint density at radius 3 is 2.29 bits per heavy atom. The normalized spacial score (nSPS) is 23.6. The van der Waals surface area contributed by atoms with E-state index in [0.717, 1.165) is 18.7 Å².